The second-order valence-electron chi connectivity index (χ2n) is 6.52. The number of rotatable bonds is 8. The number of guanidine groups is 1. The molecule has 0 aliphatic heterocycles. The van der Waals surface area contributed by atoms with Gasteiger partial charge in [0.25, 0.3) is 0 Å². The quantitative estimate of drug-likeness (QED) is 0.533. The lowest BCUT2D eigenvalue weighted by molar-refractivity contribution is 0.254. The van der Waals surface area contributed by atoms with Crippen molar-refractivity contribution in [2.75, 3.05) is 40.5 Å². The molecule has 0 aromatic rings. The van der Waals surface area contributed by atoms with E-state index in [1.165, 1.54) is 6.42 Å². The Bertz CT molecular complexity index is 288. The molecule has 0 amide bonds. The highest BCUT2D eigenvalue weighted by Gasteiger charge is 2.17. The molecule has 0 saturated heterocycles. The number of hydrogen-bond acceptors (Lipinski definition) is 3. The number of likely N-dealkylation sites (N-methyl/N-ethyl adjacent to an activating group) is 1. The van der Waals surface area contributed by atoms with E-state index in [2.05, 4.69) is 68.6 Å². The Hall–Kier alpha value is -0.420. The van der Waals surface area contributed by atoms with Gasteiger partial charge in [0.05, 0.1) is 0 Å². The Morgan fingerprint density at radius 3 is 2.25 bits per heavy atom. The van der Waals surface area contributed by atoms with Crippen LogP contribution < -0.4 is 10.6 Å². The van der Waals surface area contributed by atoms with E-state index >= 15 is 0 Å². The molecule has 0 heterocycles. The minimum absolute atomic E-state index is 0.219. The standard InChI is InChI=1S/C15H34N4S/c1-12(2)9-13(19(6)7)10-17-14(16-5)18-11-15(3,4)20-8/h12-13H,9-11H2,1-8H3,(H2,16,17,18). The molecule has 1 unspecified atom stereocenters. The van der Waals surface area contributed by atoms with Crippen molar-refractivity contribution >= 4 is 17.7 Å². The molecule has 0 rings (SSSR count). The van der Waals surface area contributed by atoms with E-state index in [-0.39, 0.29) is 4.75 Å². The van der Waals surface area contributed by atoms with Crippen LogP contribution in [0.15, 0.2) is 4.99 Å². The van der Waals surface area contributed by atoms with Crippen LogP contribution in [0.4, 0.5) is 0 Å². The average Bonchev–Trinajstić information content (AvgIpc) is 2.36. The maximum atomic E-state index is 4.30. The van der Waals surface area contributed by atoms with Crippen molar-refractivity contribution in [3.05, 3.63) is 0 Å². The minimum Gasteiger partial charge on any atom is -0.355 e. The zero-order chi connectivity index (χ0) is 15.8. The third kappa shape index (κ3) is 8.69. The van der Waals surface area contributed by atoms with Gasteiger partial charge in [-0.05, 0) is 46.5 Å². The second kappa shape index (κ2) is 9.50. The molecule has 0 aromatic heterocycles. The van der Waals surface area contributed by atoms with Gasteiger partial charge >= 0.3 is 0 Å². The number of aliphatic imine (C=N–C) groups is 1. The van der Waals surface area contributed by atoms with Crippen LogP contribution in [0.5, 0.6) is 0 Å². The van der Waals surface area contributed by atoms with Gasteiger partial charge < -0.3 is 15.5 Å². The van der Waals surface area contributed by atoms with Crippen LogP contribution in [0.25, 0.3) is 0 Å². The van der Waals surface area contributed by atoms with E-state index < -0.39 is 0 Å². The summed E-state index contributed by atoms with van der Waals surface area (Å²) in [5.74, 6) is 1.59. The summed E-state index contributed by atoms with van der Waals surface area (Å²) in [7, 11) is 6.11. The van der Waals surface area contributed by atoms with Gasteiger partial charge in [-0.25, -0.2) is 0 Å². The zero-order valence-electron chi connectivity index (χ0n) is 14.6. The third-order valence-electron chi connectivity index (χ3n) is 3.44. The predicted molar refractivity (Wildman–Crippen MR) is 93.9 cm³/mol. The fourth-order valence-electron chi connectivity index (χ4n) is 1.82. The Balaban J connectivity index is 4.29. The summed E-state index contributed by atoms with van der Waals surface area (Å²) in [4.78, 5) is 6.59. The molecule has 1 atom stereocenters. The second-order valence-corrected chi connectivity index (χ2v) is 8.03. The largest absolute Gasteiger partial charge is 0.355 e. The molecule has 5 heteroatoms. The fraction of sp³-hybridized carbons (Fsp3) is 0.933. The summed E-state index contributed by atoms with van der Waals surface area (Å²) >= 11 is 1.86. The molecular weight excluding hydrogens is 268 g/mol. The first-order valence-electron chi connectivity index (χ1n) is 7.38. The molecule has 0 saturated carbocycles. The van der Waals surface area contributed by atoms with Crippen LogP contribution in [0, 0.1) is 5.92 Å². The predicted octanol–water partition coefficient (Wildman–Crippen LogP) is 2.27. The van der Waals surface area contributed by atoms with E-state index in [9.17, 15) is 0 Å². The van der Waals surface area contributed by atoms with Crippen LogP contribution in [0.2, 0.25) is 0 Å². The Kier molecular flexibility index (Phi) is 9.30. The Morgan fingerprint density at radius 1 is 1.25 bits per heavy atom. The van der Waals surface area contributed by atoms with Crippen LogP contribution in [-0.4, -0.2) is 62.1 Å². The van der Waals surface area contributed by atoms with Crippen LogP contribution in [-0.2, 0) is 0 Å². The molecule has 120 valence electrons. The number of hydrogen-bond donors (Lipinski definition) is 2. The zero-order valence-corrected chi connectivity index (χ0v) is 15.4. The van der Waals surface area contributed by atoms with Crippen molar-refractivity contribution in [1.82, 2.24) is 15.5 Å². The lowest BCUT2D eigenvalue weighted by Gasteiger charge is -2.28. The van der Waals surface area contributed by atoms with E-state index in [0.29, 0.717) is 12.0 Å². The Morgan fingerprint density at radius 2 is 1.85 bits per heavy atom. The minimum atomic E-state index is 0.219. The van der Waals surface area contributed by atoms with Crippen molar-refractivity contribution in [1.29, 1.82) is 0 Å². The summed E-state index contributed by atoms with van der Waals surface area (Å²) in [5.41, 5.74) is 0. The van der Waals surface area contributed by atoms with Crippen molar-refractivity contribution in [3.8, 4) is 0 Å². The maximum absolute atomic E-state index is 4.30. The van der Waals surface area contributed by atoms with Crippen molar-refractivity contribution in [2.24, 2.45) is 10.9 Å². The summed E-state index contributed by atoms with van der Waals surface area (Å²) in [6.45, 7) is 10.8. The molecule has 2 N–H and O–H groups in total. The van der Waals surface area contributed by atoms with E-state index in [1.807, 2.05) is 18.8 Å². The fourth-order valence-corrected chi connectivity index (χ4v) is 2.04. The molecule has 4 nitrogen and oxygen atoms in total. The third-order valence-corrected chi connectivity index (χ3v) is 4.69. The summed E-state index contributed by atoms with van der Waals surface area (Å²) in [6, 6.07) is 0.530. The van der Waals surface area contributed by atoms with Gasteiger partial charge in [-0.3, -0.25) is 4.99 Å². The maximum Gasteiger partial charge on any atom is 0.191 e. The summed E-state index contributed by atoms with van der Waals surface area (Å²) < 4.78 is 0.219. The normalized spacial score (nSPS) is 14.8. The number of thioether (sulfide) groups is 1. The molecule has 0 radical (unpaired) electrons. The highest BCUT2D eigenvalue weighted by atomic mass is 32.2. The highest BCUT2D eigenvalue weighted by Crippen LogP contribution is 2.19. The molecule has 0 bridgehead atoms. The van der Waals surface area contributed by atoms with E-state index in [1.54, 1.807) is 0 Å². The SMILES string of the molecule is CN=C(NCC(CC(C)C)N(C)C)NCC(C)(C)SC. The van der Waals surface area contributed by atoms with Crippen LogP contribution in [0.1, 0.15) is 34.1 Å². The van der Waals surface area contributed by atoms with Gasteiger partial charge in [0.15, 0.2) is 5.96 Å². The summed E-state index contributed by atoms with van der Waals surface area (Å²) in [6.07, 6.45) is 3.33. The molecular formula is C15H34N4S. The Labute approximate surface area is 130 Å². The van der Waals surface area contributed by atoms with E-state index in [0.717, 1.165) is 19.0 Å². The molecule has 0 spiro atoms. The first-order chi connectivity index (χ1) is 9.21. The van der Waals surface area contributed by atoms with Gasteiger partial charge in [-0.2, -0.15) is 11.8 Å². The monoisotopic (exact) mass is 302 g/mol. The molecule has 20 heavy (non-hydrogen) atoms. The van der Waals surface area contributed by atoms with Gasteiger partial charge in [0.2, 0.25) is 0 Å². The van der Waals surface area contributed by atoms with Crippen molar-refractivity contribution in [2.45, 2.75) is 44.9 Å². The first-order valence-corrected chi connectivity index (χ1v) is 8.60. The van der Waals surface area contributed by atoms with Gasteiger partial charge in [0.1, 0.15) is 0 Å². The lowest BCUT2D eigenvalue weighted by Crippen LogP contribution is -2.48. The van der Waals surface area contributed by atoms with Crippen molar-refractivity contribution < 1.29 is 0 Å². The van der Waals surface area contributed by atoms with Crippen LogP contribution in [0.3, 0.4) is 0 Å². The van der Waals surface area contributed by atoms with Gasteiger partial charge in [-0.1, -0.05) is 13.8 Å². The van der Waals surface area contributed by atoms with Crippen LogP contribution >= 0.6 is 11.8 Å². The number of nitrogens with one attached hydrogen (secondary N) is 2. The smallest absolute Gasteiger partial charge is 0.191 e. The van der Waals surface area contributed by atoms with Gasteiger partial charge in [-0.15, -0.1) is 0 Å². The summed E-state index contributed by atoms with van der Waals surface area (Å²) in [5, 5.41) is 6.85. The number of nitrogens with zero attached hydrogens (tertiary/aromatic N) is 2. The van der Waals surface area contributed by atoms with E-state index in [4.69, 9.17) is 0 Å². The first kappa shape index (κ1) is 19.6. The van der Waals surface area contributed by atoms with Crippen molar-refractivity contribution in [3.63, 3.8) is 0 Å². The highest BCUT2D eigenvalue weighted by molar-refractivity contribution is 7.99. The molecule has 0 fully saturated rings. The average molecular weight is 303 g/mol. The van der Waals surface area contributed by atoms with Gasteiger partial charge in [0, 0.05) is 30.9 Å². The topological polar surface area (TPSA) is 39.7 Å². The molecule has 0 aliphatic carbocycles. The molecule has 0 aromatic carbocycles. The lowest BCUT2D eigenvalue weighted by atomic mass is 10.0. The molecule has 0 aliphatic rings.